The monoisotopic (exact) mass is 542 g/mol. The molecule has 1 aliphatic rings. The second-order valence-electron chi connectivity index (χ2n) is 7.67. The molecule has 0 radical (unpaired) electrons. The fraction of sp³-hybridized carbons (Fsp3) is 0.667. The van der Waals surface area contributed by atoms with Crippen molar-refractivity contribution in [2.24, 2.45) is 4.99 Å². The molecule has 1 aromatic carbocycles. The highest BCUT2D eigenvalue weighted by Crippen LogP contribution is 2.16. The van der Waals surface area contributed by atoms with Gasteiger partial charge in [-0.3, -0.25) is 0 Å². The molecule has 2 rings (SSSR count). The summed E-state index contributed by atoms with van der Waals surface area (Å²) in [6, 6.07) is 8.30. The molecule has 1 fully saturated rings. The Morgan fingerprint density at radius 1 is 1.23 bits per heavy atom. The first-order valence-electron chi connectivity index (χ1n) is 10.3. The molecule has 5 nitrogen and oxygen atoms in total. The van der Waals surface area contributed by atoms with Crippen LogP contribution in [0.25, 0.3) is 0 Å². The van der Waals surface area contributed by atoms with Crippen LogP contribution >= 0.6 is 24.0 Å². The van der Waals surface area contributed by atoms with Gasteiger partial charge in [-0.05, 0) is 44.7 Å². The minimum atomic E-state index is -4.31. The number of hydrogen-bond donors (Lipinski definition) is 2. The molecule has 1 aliphatic heterocycles. The zero-order chi connectivity index (χ0) is 21.3. The minimum Gasteiger partial charge on any atom is -0.367 e. The zero-order valence-electron chi connectivity index (χ0n) is 18.0. The number of piperidine rings is 1. The summed E-state index contributed by atoms with van der Waals surface area (Å²) >= 11 is 0. The predicted octanol–water partition coefficient (Wildman–Crippen LogP) is 4.31. The number of halogens is 4. The number of likely N-dealkylation sites (tertiary alicyclic amines) is 1. The fourth-order valence-corrected chi connectivity index (χ4v) is 3.35. The van der Waals surface area contributed by atoms with Gasteiger partial charge in [0.05, 0.1) is 13.2 Å². The van der Waals surface area contributed by atoms with Crippen molar-refractivity contribution in [3.8, 4) is 0 Å². The van der Waals surface area contributed by atoms with Crippen LogP contribution < -0.4 is 10.6 Å². The van der Waals surface area contributed by atoms with Gasteiger partial charge < -0.3 is 20.3 Å². The summed E-state index contributed by atoms with van der Waals surface area (Å²) in [6.07, 6.45) is -2.15. The largest absolute Gasteiger partial charge is 0.411 e. The maximum absolute atomic E-state index is 12.2. The third kappa shape index (κ3) is 10.3. The number of nitrogens with zero attached hydrogens (tertiary/aromatic N) is 2. The summed E-state index contributed by atoms with van der Waals surface area (Å²) < 4.78 is 41.4. The van der Waals surface area contributed by atoms with E-state index >= 15 is 0 Å². The zero-order valence-corrected chi connectivity index (χ0v) is 20.3. The lowest BCUT2D eigenvalue weighted by molar-refractivity contribution is -0.176. The molecule has 1 saturated heterocycles. The van der Waals surface area contributed by atoms with E-state index in [-0.39, 0.29) is 30.6 Å². The fourth-order valence-electron chi connectivity index (χ4n) is 3.35. The number of ether oxygens (including phenoxy) is 1. The molecule has 2 N–H and O–H groups in total. The predicted molar refractivity (Wildman–Crippen MR) is 125 cm³/mol. The van der Waals surface area contributed by atoms with E-state index in [1.165, 1.54) is 0 Å². The third-order valence-electron chi connectivity index (χ3n) is 4.89. The average molecular weight is 542 g/mol. The van der Waals surface area contributed by atoms with Gasteiger partial charge in [0.1, 0.15) is 6.61 Å². The SMILES string of the molecule is CCNC(=NCc1cccc(COCC(F)(F)F)c1)NC1CCN(C(C)C)CC1.I. The van der Waals surface area contributed by atoms with E-state index in [9.17, 15) is 13.2 Å². The van der Waals surface area contributed by atoms with Gasteiger partial charge in [-0.2, -0.15) is 13.2 Å². The highest BCUT2D eigenvalue weighted by molar-refractivity contribution is 14.0. The summed E-state index contributed by atoms with van der Waals surface area (Å²) in [5.41, 5.74) is 1.64. The maximum Gasteiger partial charge on any atom is 0.411 e. The van der Waals surface area contributed by atoms with Gasteiger partial charge in [0.15, 0.2) is 5.96 Å². The van der Waals surface area contributed by atoms with Crippen LogP contribution in [0.4, 0.5) is 13.2 Å². The summed E-state index contributed by atoms with van der Waals surface area (Å²) in [6.45, 7) is 8.54. The van der Waals surface area contributed by atoms with Gasteiger partial charge in [0, 0.05) is 31.7 Å². The van der Waals surface area contributed by atoms with Gasteiger partial charge in [-0.1, -0.05) is 24.3 Å². The number of aliphatic imine (C=N–C) groups is 1. The summed E-state index contributed by atoms with van der Waals surface area (Å²) in [5, 5.41) is 6.79. The molecule has 0 unspecified atom stereocenters. The van der Waals surface area contributed by atoms with Crippen LogP contribution in [0.1, 0.15) is 44.7 Å². The van der Waals surface area contributed by atoms with Crippen molar-refractivity contribution in [2.45, 2.75) is 65.0 Å². The second-order valence-corrected chi connectivity index (χ2v) is 7.67. The molecule has 172 valence electrons. The Balaban J connectivity index is 0.00000450. The van der Waals surface area contributed by atoms with E-state index in [1.54, 1.807) is 6.07 Å². The lowest BCUT2D eigenvalue weighted by Crippen LogP contribution is -2.49. The number of hydrogen-bond acceptors (Lipinski definition) is 3. The molecule has 1 heterocycles. The van der Waals surface area contributed by atoms with E-state index in [0.29, 0.717) is 24.2 Å². The highest BCUT2D eigenvalue weighted by atomic mass is 127. The quantitative estimate of drug-likeness (QED) is 0.292. The Labute approximate surface area is 194 Å². The molecule has 0 atom stereocenters. The van der Waals surface area contributed by atoms with Crippen molar-refractivity contribution in [2.75, 3.05) is 26.2 Å². The van der Waals surface area contributed by atoms with Crippen LogP contribution in [-0.4, -0.2) is 55.4 Å². The van der Waals surface area contributed by atoms with E-state index in [0.717, 1.165) is 44.0 Å². The Morgan fingerprint density at radius 2 is 1.90 bits per heavy atom. The van der Waals surface area contributed by atoms with Crippen LogP contribution in [0.15, 0.2) is 29.3 Å². The Kier molecular flexibility index (Phi) is 12.0. The van der Waals surface area contributed by atoms with Crippen molar-refractivity contribution in [3.63, 3.8) is 0 Å². The molecule has 0 aliphatic carbocycles. The first-order valence-corrected chi connectivity index (χ1v) is 10.3. The van der Waals surface area contributed by atoms with Crippen molar-refractivity contribution in [1.82, 2.24) is 15.5 Å². The smallest absolute Gasteiger partial charge is 0.367 e. The molecule has 0 saturated carbocycles. The average Bonchev–Trinajstić information content (AvgIpc) is 2.66. The molecule has 0 spiro atoms. The molecule has 1 aromatic rings. The summed E-state index contributed by atoms with van der Waals surface area (Å²) in [4.78, 5) is 7.13. The van der Waals surface area contributed by atoms with E-state index in [4.69, 9.17) is 4.74 Å². The first kappa shape index (κ1) is 27.0. The van der Waals surface area contributed by atoms with Crippen molar-refractivity contribution < 1.29 is 17.9 Å². The van der Waals surface area contributed by atoms with Crippen LogP contribution in [0.5, 0.6) is 0 Å². The van der Waals surface area contributed by atoms with E-state index in [2.05, 4.69) is 34.4 Å². The summed E-state index contributed by atoms with van der Waals surface area (Å²) in [7, 11) is 0. The normalized spacial score (nSPS) is 16.4. The summed E-state index contributed by atoms with van der Waals surface area (Å²) in [5.74, 6) is 0.772. The number of alkyl halides is 3. The molecule has 0 aromatic heterocycles. The lowest BCUT2D eigenvalue weighted by Gasteiger charge is -2.35. The Bertz CT molecular complexity index is 647. The number of rotatable bonds is 8. The van der Waals surface area contributed by atoms with E-state index < -0.39 is 12.8 Å². The maximum atomic E-state index is 12.2. The molecular formula is C21H34F3IN4O. The standard InChI is InChI=1S/C21H33F3N4O.HI/c1-4-25-20(27-19-8-10-28(11-9-19)16(2)3)26-13-17-6-5-7-18(12-17)14-29-15-21(22,23)24;/h5-7,12,16,19H,4,8-11,13-15H2,1-3H3,(H2,25,26,27);1H. The Hall–Kier alpha value is -1.07. The topological polar surface area (TPSA) is 48.9 Å². The molecule has 30 heavy (non-hydrogen) atoms. The van der Waals surface area contributed by atoms with Gasteiger partial charge in [-0.25, -0.2) is 4.99 Å². The van der Waals surface area contributed by atoms with Crippen molar-refractivity contribution in [1.29, 1.82) is 0 Å². The number of benzene rings is 1. The van der Waals surface area contributed by atoms with E-state index in [1.807, 2.05) is 25.1 Å². The van der Waals surface area contributed by atoms with Gasteiger partial charge in [0.2, 0.25) is 0 Å². The van der Waals surface area contributed by atoms with Crippen LogP contribution in [0.3, 0.4) is 0 Å². The molecule has 0 amide bonds. The Morgan fingerprint density at radius 3 is 2.50 bits per heavy atom. The number of nitrogens with one attached hydrogen (secondary N) is 2. The molecule has 9 heteroatoms. The van der Waals surface area contributed by atoms with Crippen molar-refractivity contribution in [3.05, 3.63) is 35.4 Å². The van der Waals surface area contributed by atoms with Crippen molar-refractivity contribution >= 4 is 29.9 Å². The highest BCUT2D eigenvalue weighted by Gasteiger charge is 2.27. The van der Waals surface area contributed by atoms with Crippen LogP contribution in [0, 0.1) is 0 Å². The molecular weight excluding hydrogens is 508 g/mol. The van der Waals surface area contributed by atoms with Gasteiger partial charge >= 0.3 is 6.18 Å². The van der Waals surface area contributed by atoms with Crippen LogP contribution in [-0.2, 0) is 17.9 Å². The first-order chi connectivity index (χ1) is 13.8. The van der Waals surface area contributed by atoms with Gasteiger partial charge in [0.25, 0.3) is 0 Å². The number of guanidine groups is 1. The third-order valence-corrected chi connectivity index (χ3v) is 4.89. The minimum absolute atomic E-state index is 0. The molecule has 0 bridgehead atoms. The van der Waals surface area contributed by atoms with Crippen LogP contribution in [0.2, 0.25) is 0 Å². The second kappa shape index (κ2) is 13.4. The lowest BCUT2D eigenvalue weighted by atomic mass is 10.0. The van der Waals surface area contributed by atoms with Gasteiger partial charge in [-0.15, -0.1) is 24.0 Å².